The summed E-state index contributed by atoms with van der Waals surface area (Å²) in [5, 5.41) is 2.50. The molecule has 7 rings (SSSR count). The highest BCUT2D eigenvalue weighted by Gasteiger charge is 2.28. The van der Waals surface area contributed by atoms with Gasteiger partial charge in [-0.3, -0.25) is 14.6 Å². The van der Waals surface area contributed by atoms with Crippen LogP contribution in [-0.2, 0) is 6.54 Å². The molecule has 0 saturated carbocycles. The summed E-state index contributed by atoms with van der Waals surface area (Å²) in [6, 6.07) is 28.1. The number of piperazine rings is 2. The van der Waals surface area contributed by atoms with Crippen molar-refractivity contribution >= 4 is 45.8 Å². The summed E-state index contributed by atoms with van der Waals surface area (Å²) in [5.74, 6) is 2.07. The lowest BCUT2D eigenvalue weighted by Crippen LogP contribution is -2.49. The van der Waals surface area contributed by atoms with Gasteiger partial charge in [0.25, 0.3) is 5.91 Å². The minimum Gasteiger partial charge on any atom is -0.459 e. The van der Waals surface area contributed by atoms with Crippen molar-refractivity contribution in [1.29, 1.82) is 0 Å². The van der Waals surface area contributed by atoms with Gasteiger partial charge in [-0.1, -0.05) is 59.6 Å². The van der Waals surface area contributed by atoms with Crippen LogP contribution in [0.2, 0.25) is 10.0 Å². The molecule has 8 nitrogen and oxygen atoms in total. The Labute approximate surface area is 272 Å². The number of nitrogens with zero attached hydrogens (tertiary/aromatic N) is 6. The molecule has 5 aromatic rings. The summed E-state index contributed by atoms with van der Waals surface area (Å²) >= 11 is 12.5. The second kappa shape index (κ2) is 13.2. The van der Waals surface area contributed by atoms with Gasteiger partial charge in [0.15, 0.2) is 5.76 Å². The van der Waals surface area contributed by atoms with E-state index < -0.39 is 0 Å². The number of benzene rings is 3. The maximum atomic E-state index is 12.8. The average molecular weight is 642 g/mol. The number of halogens is 2. The van der Waals surface area contributed by atoms with Crippen LogP contribution in [0.1, 0.15) is 33.5 Å². The molecule has 2 fully saturated rings. The number of fused-ring (bicyclic) bond motifs is 1. The Bertz CT molecular complexity index is 1700. The quantitative estimate of drug-likeness (QED) is 0.204. The smallest absolute Gasteiger partial charge is 0.289 e. The number of hydrogen-bond acceptors (Lipinski definition) is 7. The minimum atomic E-state index is -0.0682. The third-order valence-electron chi connectivity index (χ3n) is 8.74. The molecule has 0 N–H and O–H groups in total. The molecule has 0 aliphatic carbocycles. The second-order valence-corrected chi connectivity index (χ2v) is 12.4. The Morgan fingerprint density at radius 2 is 1.38 bits per heavy atom. The topological polar surface area (TPSA) is 69.0 Å². The molecule has 0 unspecified atom stereocenters. The number of para-hydroxylation sites is 1. The molecule has 0 atom stereocenters. The fourth-order valence-electron chi connectivity index (χ4n) is 6.38. The van der Waals surface area contributed by atoms with Crippen LogP contribution in [-0.4, -0.2) is 82.9 Å². The first-order valence-electron chi connectivity index (χ1n) is 15.3. The van der Waals surface area contributed by atoms with Crippen molar-refractivity contribution in [1.82, 2.24) is 24.7 Å². The van der Waals surface area contributed by atoms with Gasteiger partial charge in [0, 0.05) is 67.8 Å². The van der Waals surface area contributed by atoms with E-state index in [4.69, 9.17) is 37.6 Å². The van der Waals surface area contributed by atoms with Gasteiger partial charge in [0.05, 0.1) is 24.4 Å². The summed E-state index contributed by atoms with van der Waals surface area (Å²) in [6.07, 6.45) is 1.54. The van der Waals surface area contributed by atoms with Gasteiger partial charge >= 0.3 is 0 Å². The Morgan fingerprint density at radius 3 is 2.00 bits per heavy atom. The molecule has 0 spiro atoms. The lowest BCUT2D eigenvalue weighted by molar-refractivity contribution is 0.0714. The van der Waals surface area contributed by atoms with Crippen LogP contribution in [0, 0.1) is 0 Å². The number of aromatic nitrogens is 2. The summed E-state index contributed by atoms with van der Waals surface area (Å²) in [4.78, 5) is 32.0. The Kier molecular flexibility index (Phi) is 8.72. The van der Waals surface area contributed by atoms with E-state index in [1.807, 2.05) is 41.3 Å². The average Bonchev–Trinajstić information content (AvgIpc) is 3.62. The number of furan rings is 1. The predicted octanol–water partition coefficient (Wildman–Crippen LogP) is 6.40. The molecule has 230 valence electrons. The molecular weight excluding hydrogens is 607 g/mol. The number of carbonyl (C=O) groups is 1. The SMILES string of the molecule is O=C(c1ccco1)N1CCN(c2nc(CN3CCN(C(c4ccc(Cl)cc4)c4ccc(Cl)cc4)CC3)nc3ccccc23)CC1. The zero-order valence-corrected chi connectivity index (χ0v) is 26.4. The van der Waals surface area contributed by atoms with Gasteiger partial charge in [-0.2, -0.15) is 0 Å². The third-order valence-corrected chi connectivity index (χ3v) is 9.24. The molecule has 4 heterocycles. The molecule has 2 saturated heterocycles. The fraction of sp³-hybridized carbons (Fsp3) is 0.286. The first-order valence-corrected chi connectivity index (χ1v) is 16.1. The number of amides is 1. The normalized spacial score (nSPS) is 16.5. The van der Waals surface area contributed by atoms with Crippen LogP contribution >= 0.6 is 23.2 Å². The van der Waals surface area contributed by atoms with E-state index in [9.17, 15) is 4.79 Å². The number of anilines is 1. The van der Waals surface area contributed by atoms with Crippen LogP contribution in [0.3, 0.4) is 0 Å². The van der Waals surface area contributed by atoms with Gasteiger partial charge in [-0.25, -0.2) is 9.97 Å². The zero-order chi connectivity index (χ0) is 30.8. The standard InChI is InChI=1S/C35H34Cl2N6O2/c36-27-11-7-25(8-12-27)33(26-9-13-28(37)14-10-26)41-17-15-40(16-18-41)24-32-38-30-5-2-1-4-29(30)34(39-32)42-19-21-43(22-20-42)35(44)31-6-3-23-45-31/h1-14,23,33H,15-22,24H2. The van der Waals surface area contributed by atoms with E-state index in [0.29, 0.717) is 38.5 Å². The molecule has 0 bridgehead atoms. The molecule has 2 aromatic heterocycles. The van der Waals surface area contributed by atoms with Gasteiger partial charge in [-0.05, 0) is 59.7 Å². The van der Waals surface area contributed by atoms with Crippen LogP contribution in [0.15, 0.2) is 95.6 Å². The van der Waals surface area contributed by atoms with Gasteiger partial charge in [0.1, 0.15) is 11.6 Å². The Hall–Kier alpha value is -3.95. The van der Waals surface area contributed by atoms with Crippen LogP contribution in [0.4, 0.5) is 5.82 Å². The maximum absolute atomic E-state index is 12.8. The zero-order valence-electron chi connectivity index (χ0n) is 24.9. The van der Waals surface area contributed by atoms with Crippen molar-refractivity contribution in [3.63, 3.8) is 0 Å². The van der Waals surface area contributed by atoms with E-state index in [2.05, 4.69) is 51.1 Å². The van der Waals surface area contributed by atoms with E-state index in [1.54, 1.807) is 12.1 Å². The number of rotatable bonds is 7. The van der Waals surface area contributed by atoms with Crippen molar-refractivity contribution in [3.8, 4) is 0 Å². The van der Waals surface area contributed by atoms with Crippen LogP contribution in [0.5, 0.6) is 0 Å². The van der Waals surface area contributed by atoms with Gasteiger partial charge in [-0.15, -0.1) is 0 Å². The number of hydrogen-bond donors (Lipinski definition) is 0. The monoisotopic (exact) mass is 640 g/mol. The minimum absolute atomic E-state index is 0.0682. The highest BCUT2D eigenvalue weighted by molar-refractivity contribution is 6.30. The largest absolute Gasteiger partial charge is 0.459 e. The van der Waals surface area contributed by atoms with E-state index in [-0.39, 0.29) is 11.9 Å². The van der Waals surface area contributed by atoms with Crippen molar-refractivity contribution in [2.24, 2.45) is 0 Å². The summed E-state index contributed by atoms with van der Waals surface area (Å²) in [7, 11) is 0. The second-order valence-electron chi connectivity index (χ2n) is 11.6. The van der Waals surface area contributed by atoms with Crippen molar-refractivity contribution in [2.45, 2.75) is 12.6 Å². The van der Waals surface area contributed by atoms with E-state index in [0.717, 1.165) is 58.8 Å². The summed E-state index contributed by atoms with van der Waals surface area (Å²) in [5.41, 5.74) is 3.36. The van der Waals surface area contributed by atoms with E-state index in [1.165, 1.54) is 17.4 Å². The third kappa shape index (κ3) is 6.56. The van der Waals surface area contributed by atoms with Gasteiger partial charge in [0.2, 0.25) is 0 Å². The first-order chi connectivity index (χ1) is 22.0. The molecular formula is C35H34Cl2N6O2. The first kappa shape index (κ1) is 29.7. The molecule has 2 aliphatic rings. The Morgan fingerprint density at radius 1 is 0.733 bits per heavy atom. The van der Waals surface area contributed by atoms with Crippen LogP contribution < -0.4 is 4.90 Å². The highest BCUT2D eigenvalue weighted by atomic mass is 35.5. The molecule has 3 aromatic carbocycles. The highest BCUT2D eigenvalue weighted by Crippen LogP contribution is 2.32. The molecule has 2 aliphatic heterocycles. The summed E-state index contributed by atoms with van der Waals surface area (Å²) < 4.78 is 5.34. The lowest BCUT2D eigenvalue weighted by atomic mass is 9.96. The number of carbonyl (C=O) groups excluding carboxylic acids is 1. The lowest BCUT2D eigenvalue weighted by Gasteiger charge is -2.39. The molecule has 45 heavy (non-hydrogen) atoms. The summed E-state index contributed by atoms with van der Waals surface area (Å²) in [6.45, 7) is 6.90. The molecule has 1 amide bonds. The Balaban J connectivity index is 1.05. The fourth-order valence-corrected chi connectivity index (χ4v) is 6.63. The van der Waals surface area contributed by atoms with Crippen molar-refractivity contribution in [2.75, 3.05) is 57.3 Å². The van der Waals surface area contributed by atoms with Crippen molar-refractivity contribution in [3.05, 3.63) is 124 Å². The molecule has 10 heteroatoms. The van der Waals surface area contributed by atoms with Crippen LogP contribution in [0.25, 0.3) is 10.9 Å². The van der Waals surface area contributed by atoms with Crippen molar-refractivity contribution < 1.29 is 9.21 Å². The predicted molar refractivity (Wildman–Crippen MR) is 178 cm³/mol. The van der Waals surface area contributed by atoms with Gasteiger partial charge < -0.3 is 14.2 Å². The molecule has 0 radical (unpaired) electrons. The van der Waals surface area contributed by atoms with E-state index >= 15 is 0 Å². The maximum Gasteiger partial charge on any atom is 0.289 e.